The number of hydrogen-bond acceptors (Lipinski definition) is 4. The van der Waals surface area contributed by atoms with Crippen molar-refractivity contribution in [2.45, 2.75) is 12.8 Å². The summed E-state index contributed by atoms with van der Waals surface area (Å²) in [4.78, 5) is 28.6. The third-order valence-electron chi connectivity index (χ3n) is 3.55. The second-order valence-corrected chi connectivity index (χ2v) is 4.87. The van der Waals surface area contributed by atoms with E-state index in [1.165, 1.54) is 18.3 Å². The molecule has 3 rings (SSSR count). The lowest BCUT2D eigenvalue weighted by Gasteiger charge is -2.29. The predicted molar refractivity (Wildman–Crippen MR) is 77.3 cm³/mol. The number of carbonyl (C=O) groups excluding carboxylic acids is 1. The zero-order valence-electron chi connectivity index (χ0n) is 11.2. The Balaban J connectivity index is 2.01. The molecule has 0 fully saturated rings. The van der Waals surface area contributed by atoms with Crippen molar-refractivity contribution >= 4 is 17.3 Å². The molecule has 1 aliphatic heterocycles. The van der Waals surface area contributed by atoms with Crippen LogP contribution in [-0.4, -0.2) is 22.4 Å². The van der Waals surface area contributed by atoms with Gasteiger partial charge in [-0.3, -0.25) is 19.9 Å². The number of aryl methyl sites for hydroxylation is 1. The first-order chi connectivity index (χ1) is 10.2. The molecule has 0 aliphatic carbocycles. The van der Waals surface area contributed by atoms with Gasteiger partial charge in [0.2, 0.25) is 0 Å². The highest BCUT2D eigenvalue weighted by atomic mass is 16.6. The molecule has 6 nitrogen and oxygen atoms in total. The zero-order valence-corrected chi connectivity index (χ0v) is 11.2. The molecule has 2 heterocycles. The molecule has 6 heteroatoms. The number of pyridine rings is 1. The molecule has 0 unspecified atom stereocenters. The Kier molecular flexibility index (Phi) is 3.35. The van der Waals surface area contributed by atoms with Crippen LogP contribution in [0.2, 0.25) is 0 Å². The normalized spacial score (nSPS) is 13.6. The minimum atomic E-state index is -0.443. The molecule has 0 radical (unpaired) electrons. The van der Waals surface area contributed by atoms with Crippen LogP contribution in [0.4, 0.5) is 11.4 Å². The van der Waals surface area contributed by atoms with Gasteiger partial charge in [-0.1, -0.05) is 6.07 Å². The lowest BCUT2D eigenvalue weighted by Crippen LogP contribution is -2.35. The van der Waals surface area contributed by atoms with Crippen LogP contribution in [0.3, 0.4) is 0 Å². The lowest BCUT2D eigenvalue weighted by molar-refractivity contribution is -0.384. The van der Waals surface area contributed by atoms with Crippen LogP contribution in [0, 0.1) is 10.1 Å². The van der Waals surface area contributed by atoms with E-state index in [0.717, 1.165) is 18.4 Å². The van der Waals surface area contributed by atoms with E-state index in [0.29, 0.717) is 17.8 Å². The van der Waals surface area contributed by atoms with E-state index in [-0.39, 0.29) is 11.6 Å². The van der Waals surface area contributed by atoms with Gasteiger partial charge in [0.25, 0.3) is 11.6 Å². The van der Waals surface area contributed by atoms with Gasteiger partial charge in [0.1, 0.15) is 0 Å². The van der Waals surface area contributed by atoms with Crippen molar-refractivity contribution in [2.75, 3.05) is 11.4 Å². The van der Waals surface area contributed by atoms with Gasteiger partial charge >= 0.3 is 0 Å². The number of nitro groups is 1. The van der Waals surface area contributed by atoms with E-state index >= 15 is 0 Å². The maximum atomic E-state index is 12.6. The molecule has 2 aromatic rings. The third kappa shape index (κ3) is 2.47. The van der Waals surface area contributed by atoms with Gasteiger partial charge in [-0.25, -0.2) is 0 Å². The van der Waals surface area contributed by atoms with Crippen LogP contribution in [0.15, 0.2) is 42.7 Å². The first kappa shape index (κ1) is 13.2. The number of nitrogens with zero attached hydrogens (tertiary/aromatic N) is 3. The molecule has 1 aliphatic rings. The van der Waals surface area contributed by atoms with Crippen molar-refractivity contribution in [1.82, 2.24) is 4.98 Å². The standard InChI is InChI=1S/C15H13N3O3/c19-15(12-3-1-7-16-10-12)17-8-2-4-11-5-6-13(18(20)21)9-14(11)17/h1,3,5-7,9-10H,2,4,8H2. The summed E-state index contributed by atoms with van der Waals surface area (Å²) in [7, 11) is 0. The summed E-state index contributed by atoms with van der Waals surface area (Å²) in [5.41, 5.74) is 2.07. The molecule has 0 spiro atoms. The average molecular weight is 283 g/mol. The van der Waals surface area contributed by atoms with Gasteiger partial charge in [-0.15, -0.1) is 0 Å². The molecule has 21 heavy (non-hydrogen) atoms. The SMILES string of the molecule is O=C(c1cccnc1)N1CCCc2ccc([N+](=O)[O-])cc21. The first-order valence-electron chi connectivity index (χ1n) is 6.66. The Morgan fingerprint density at radius 3 is 2.90 bits per heavy atom. The van der Waals surface area contributed by atoms with Crippen molar-refractivity contribution in [3.63, 3.8) is 0 Å². The Labute approximate surface area is 121 Å². The van der Waals surface area contributed by atoms with E-state index in [4.69, 9.17) is 0 Å². The van der Waals surface area contributed by atoms with Crippen molar-refractivity contribution in [2.24, 2.45) is 0 Å². The second kappa shape index (κ2) is 5.32. The number of anilines is 1. The number of carbonyl (C=O) groups is 1. The van der Waals surface area contributed by atoms with Gasteiger partial charge in [0.15, 0.2) is 0 Å². The van der Waals surface area contributed by atoms with Crippen molar-refractivity contribution in [3.05, 3.63) is 64.0 Å². The molecule has 1 amide bonds. The summed E-state index contributed by atoms with van der Waals surface area (Å²) in [6.45, 7) is 0.557. The molecule has 0 saturated carbocycles. The molecule has 0 saturated heterocycles. The fraction of sp³-hybridized carbons (Fsp3) is 0.200. The summed E-state index contributed by atoms with van der Waals surface area (Å²) in [5, 5.41) is 10.9. The number of nitro benzene ring substituents is 1. The maximum Gasteiger partial charge on any atom is 0.271 e. The summed E-state index contributed by atoms with van der Waals surface area (Å²) >= 11 is 0. The van der Waals surface area contributed by atoms with Crippen LogP contribution in [0.25, 0.3) is 0 Å². The maximum absolute atomic E-state index is 12.6. The molecule has 0 N–H and O–H groups in total. The largest absolute Gasteiger partial charge is 0.308 e. The molecule has 0 atom stereocenters. The average Bonchev–Trinajstić information content (AvgIpc) is 2.54. The molecular formula is C15H13N3O3. The van der Waals surface area contributed by atoms with Crippen LogP contribution >= 0.6 is 0 Å². The molecular weight excluding hydrogens is 270 g/mol. The molecule has 0 bridgehead atoms. The number of hydrogen-bond donors (Lipinski definition) is 0. The van der Waals surface area contributed by atoms with Gasteiger partial charge in [0.05, 0.1) is 16.2 Å². The smallest absolute Gasteiger partial charge is 0.271 e. The highest BCUT2D eigenvalue weighted by Crippen LogP contribution is 2.31. The third-order valence-corrected chi connectivity index (χ3v) is 3.55. The number of aromatic nitrogens is 1. The van der Waals surface area contributed by atoms with Gasteiger partial charge in [0, 0.05) is 31.1 Å². The van der Waals surface area contributed by atoms with Gasteiger partial charge < -0.3 is 4.90 Å². The van der Waals surface area contributed by atoms with Crippen LogP contribution in [-0.2, 0) is 6.42 Å². The van der Waals surface area contributed by atoms with E-state index in [1.807, 2.05) is 0 Å². The van der Waals surface area contributed by atoms with E-state index in [9.17, 15) is 14.9 Å². The van der Waals surface area contributed by atoms with Crippen LogP contribution in [0.1, 0.15) is 22.3 Å². The number of non-ortho nitro benzene ring substituents is 1. The van der Waals surface area contributed by atoms with Crippen molar-refractivity contribution in [1.29, 1.82) is 0 Å². The quantitative estimate of drug-likeness (QED) is 0.627. The predicted octanol–water partition coefficient (Wildman–Crippen LogP) is 2.58. The number of rotatable bonds is 2. The summed E-state index contributed by atoms with van der Waals surface area (Å²) < 4.78 is 0. The monoisotopic (exact) mass is 283 g/mol. The number of amides is 1. The Morgan fingerprint density at radius 1 is 1.33 bits per heavy atom. The molecule has 1 aromatic carbocycles. The number of fused-ring (bicyclic) bond motifs is 1. The van der Waals surface area contributed by atoms with Crippen LogP contribution < -0.4 is 4.90 Å². The Hall–Kier alpha value is -2.76. The van der Waals surface area contributed by atoms with E-state index in [1.54, 1.807) is 29.3 Å². The number of benzene rings is 1. The fourth-order valence-corrected chi connectivity index (χ4v) is 2.53. The lowest BCUT2D eigenvalue weighted by atomic mass is 10.0. The highest BCUT2D eigenvalue weighted by Gasteiger charge is 2.25. The fourth-order valence-electron chi connectivity index (χ4n) is 2.53. The van der Waals surface area contributed by atoms with Crippen LogP contribution in [0.5, 0.6) is 0 Å². The minimum Gasteiger partial charge on any atom is -0.308 e. The topological polar surface area (TPSA) is 76.3 Å². The Bertz CT molecular complexity index is 701. The first-order valence-corrected chi connectivity index (χ1v) is 6.66. The Morgan fingerprint density at radius 2 is 2.19 bits per heavy atom. The summed E-state index contributed by atoms with van der Waals surface area (Å²) in [6.07, 6.45) is 4.78. The van der Waals surface area contributed by atoms with Crippen molar-refractivity contribution < 1.29 is 9.72 Å². The van der Waals surface area contributed by atoms with Crippen molar-refractivity contribution in [3.8, 4) is 0 Å². The van der Waals surface area contributed by atoms with Gasteiger partial charge in [-0.05, 0) is 30.5 Å². The van der Waals surface area contributed by atoms with E-state index < -0.39 is 4.92 Å². The molecule has 1 aromatic heterocycles. The minimum absolute atomic E-state index is 0.000336. The van der Waals surface area contributed by atoms with E-state index in [2.05, 4.69) is 4.98 Å². The second-order valence-electron chi connectivity index (χ2n) is 4.87. The summed E-state index contributed by atoms with van der Waals surface area (Å²) in [6, 6.07) is 8.09. The molecule has 106 valence electrons. The highest BCUT2D eigenvalue weighted by molar-refractivity contribution is 6.06. The summed E-state index contributed by atoms with van der Waals surface area (Å²) in [5.74, 6) is -0.176. The van der Waals surface area contributed by atoms with Gasteiger partial charge in [-0.2, -0.15) is 0 Å². The zero-order chi connectivity index (χ0) is 14.8.